The summed E-state index contributed by atoms with van der Waals surface area (Å²) in [4.78, 5) is 14.2. The van der Waals surface area contributed by atoms with E-state index >= 15 is 0 Å². The van der Waals surface area contributed by atoms with Crippen LogP contribution in [-0.2, 0) is 4.79 Å². The van der Waals surface area contributed by atoms with Gasteiger partial charge in [-0.05, 0) is 31.6 Å². The molecule has 102 valence electrons. The maximum Gasteiger partial charge on any atom is 0.223 e. The number of hydrogen-bond acceptors (Lipinski definition) is 1. The summed E-state index contributed by atoms with van der Waals surface area (Å²) in [5.74, 6) is 1.27. The van der Waals surface area contributed by atoms with E-state index in [1.54, 1.807) is 0 Å². The van der Waals surface area contributed by atoms with Gasteiger partial charge in [-0.2, -0.15) is 0 Å². The second-order valence-electron chi connectivity index (χ2n) is 6.19. The number of nitrogens with zero attached hydrogens (tertiary/aromatic N) is 1. The highest BCUT2D eigenvalue weighted by Crippen LogP contribution is 2.28. The van der Waals surface area contributed by atoms with Crippen LogP contribution in [0.4, 0.5) is 0 Å². The van der Waals surface area contributed by atoms with Gasteiger partial charge in [0.25, 0.3) is 0 Å². The summed E-state index contributed by atoms with van der Waals surface area (Å²) in [5.41, 5.74) is 0.185. The van der Waals surface area contributed by atoms with Gasteiger partial charge in [-0.1, -0.05) is 27.7 Å². The van der Waals surface area contributed by atoms with Crippen LogP contribution >= 0.6 is 11.6 Å². The van der Waals surface area contributed by atoms with Crippen molar-refractivity contribution in [3.05, 3.63) is 0 Å². The zero-order valence-electron chi connectivity index (χ0n) is 12.2. The molecule has 1 atom stereocenters. The molecule has 17 heavy (non-hydrogen) atoms. The van der Waals surface area contributed by atoms with Gasteiger partial charge in [0.1, 0.15) is 0 Å². The molecular formula is C14H28ClNO. The molecule has 0 spiro atoms. The maximum atomic E-state index is 12.2. The van der Waals surface area contributed by atoms with Crippen LogP contribution < -0.4 is 0 Å². The minimum absolute atomic E-state index is 0.185. The Hall–Kier alpha value is -0.240. The molecule has 1 unspecified atom stereocenters. The Bertz CT molecular complexity index is 233. The van der Waals surface area contributed by atoms with Crippen molar-refractivity contribution in [2.45, 2.75) is 60.4 Å². The quantitative estimate of drug-likeness (QED) is 0.664. The molecule has 2 nitrogen and oxygen atoms in total. The van der Waals surface area contributed by atoms with Crippen LogP contribution in [0.2, 0.25) is 0 Å². The molecule has 0 aliphatic heterocycles. The van der Waals surface area contributed by atoms with Gasteiger partial charge in [0.15, 0.2) is 0 Å². The minimum atomic E-state index is 0.185. The van der Waals surface area contributed by atoms with Crippen molar-refractivity contribution in [2.24, 2.45) is 11.3 Å². The second-order valence-corrected chi connectivity index (χ2v) is 6.57. The van der Waals surface area contributed by atoms with Gasteiger partial charge in [0.05, 0.1) is 0 Å². The van der Waals surface area contributed by atoms with Gasteiger partial charge in [0.2, 0.25) is 5.91 Å². The molecule has 0 aromatic heterocycles. The first-order valence-corrected chi connectivity index (χ1v) is 7.09. The van der Waals surface area contributed by atoms with Crippen molar-refractivity contribution >= 4 is 17.5 Å². The van der Waals surface area contributed by atoms with Crippen molar-refractivity contribution in [1.29, 1.82) is 0 Å². The average molecular weight is 262 g/mol. The highest BCUT2D eigenvalue weighted by molar-refractivity contribution is 6.17. The normalized spacial score (nSPS) is 13.9. The van der Waals surface area contributed by atoms with E-state index in [1.807, 2.05) is 4.90 Å². The maximum absolute atomic E-state index is 12.2. The number of rotatable bonds is 6. The van der Waals surface area contributed by atoms with E-state index in [9.17, 15) is 4.79 Å². The lowest BCUT2D eigenvalue weighted by Gasteiger charge is -2.32. The fourth-order valence-electron chi connectivity index (χ4n) is 1.59. The van der Waals surface area contributed by atoms with Gasteiger partial charge in [-0.15, -0.1) is 11.6 Å². The van der Waals surface area contributed by atoms with E-state index < -0.39 is 0 Å². The van der Waals surface area contributed by atoms with Crippen molar-refractivity contribution in [2.75, 3.05) is 12.4 Å². The van der Waals surface area contributed by atoms with Crippen LogP contribution in [0.15, 0.2) is 0 Å². The van der Waals surface area contributed by atoms with Gasteiger partial charge >= 0.3 is 0 Å². The Morgan fingerprint density at radius 1 is 1.24 bits per heavy atom. The standard InChI is InChI=1S/C14H28ClNO/c1-11(2)16(9-7-8-15)13(17)10-12(3)14(4,5)6/h11-12H,7-10H2,1-6H3. The summed E-state index contributed by atoms with van der Waals surface area (Å²) in [5, 5.41) is 0. The number of carbonyl (C=O) groups excluding carboxylic acids is 1. The molecular weight excluding hydrogens is 234 g/mol. The molecule has 3 heteroatoms. The lowest BCUT2D eigenvalue weighted by molar-refractivity contribution is -0.134. The molecule has 1 amide bonds. The largest absolute Gasteiger partial charge is 0.340 e. The first-order valence-electron chi connectivity index (χ1n) is 6.55. The third-order valence-electron chi connectivity index (χ3n) is 3.44. The molecule has 0 aromatic carbocycles. The first kappa shape index (κ1) is 16.8. The molecule has 0 aliphatic rings. The molecule has 0 saturated carbocycles. The third-order valence-corrected chi connectivity index (χ3v) is 3.70. The summed E-state index contributed by atoms with van der Waals surface area (Å²) in [6.07, 6.45) is 1.50. The molecule has 0 bridgehead atoms. The zero-order chi connectivity index (χ0) is 13.6. The molecule has 0 saturated heterocycles. The van der Waals surface area contributed by atoms with E-state index in [0.29, 0.717) is 18.2 Å². The molecule has 0 aliphatic carbocycles. The van der Waals surface area contributed by atoms with Crippen molar-refractivity contribution in [3.8, 4) is 0 Å². The zero-order valence-corrected chi connectivity index (χ0v) is 13.0. The highest BCUT2D eigenvalue weighted by Gasteiger charge is 2.25. The van der Waals surface area contributed by atoms with Crippen molar-refractivity contribution < 1.29 is 4.79 Å². The number of hydrogen-bond donors (Lipinski definition) is 0. The topological polar surface area (TPSA) is 20.3 Å². The number of halogens is 1. The lowest BCUT2D eigenvalue weighted by atomic mass is 9.80. The van der Waals surface area contributed by atoms with E-state index in [4.69, 9.17) is 11.6 Å². The molecule has 0 radical (unpaired) electrons. The molecule has 0 aromatic rings. The van der Waals surface area contributed by atoms with Crippen LogP contribution in [0.3, 0.4) is 0 Å². The predicted molar refractivity (Wildman–Crippen MR) is 75.4 cm³/mol. The molecule has 0 rings (SSSR count). The molecule has 0 fully saturated rings. The van der Waals surface area contributed by atoms with Crippen LogP contribution in [0.25, 0.3) is 0 Å². The summed E-state index contributed by atoms with van der Waals surface area (Å²) in [6, 6.07) is 0.262. The fraction of sp³-hybridized carbons (Fsp3) is 0.929. The van der Waals surface area contributed by atoms with E-state index in [2.05, 4.69) is 41.5 Å². The van der Waals surface area contributed by atoms with Gasteiger partial charge < -0.3 is 4.90 Å². The second kappa shape index (κ2) is 7.25. The summed E-state index contributed by atoms with van der Waals surface area (Å²) in [6.45, 7) is 13.6. The first-order chi connectivity index (χ1) is 7.70. The van der Waals surface area contributed by atoms with Crippen LogP contribution in [-0.4, -0.2) is 29.3 Å². The number of alkyl halides is 1. The van der Waals surface area contributed by atoms with E-state index in [-0.39, 0.29) is 17.4 Å². The monoisotopic (exact) mass is 261 g/mol. The Morgan fingerprint density at radius 3 is 2.12 bits per heavy atom. The summed E-state index contributed by atoms with van der Waals surface area (Å²) < 4.78 is 0. The van der Waals surface area contributed by atoms with E-state index in [1.165, 1.54) is 0 Å². The van der Waals surface area contributed by atoms with Crippen LogP contribution in [0.1, 0.15) is 54.4 Å². The van der Waals surface area contributed by atoms with Gasteiger partial charge in [-0.25, -0.2) is 0 Å². The Labute approximate surface area is 112 Å². The number of amides is 1. The van der Waals surface area contributed by atoms with E-state index in [0.717, 1.165) is 13.0 Å². The number of carbonyl (C=O) groups is 1. The SMILES string of the molecule is CC(C)N(CCCCl)C(=O)CC(C)C(C)(C)C. The van der Waals surface area contributed by atoms with Gasteiger partial charge in [-0.3, -0.25) is 4.79 Å². The van der Waals surface area contributed by atoms with Gasteiger partial charge in [0, 0.05) is 24.9 Å². The molecule has 0 N–H and O–H groups in total. The van der Waals surface area contributed by atoms with Crippen molar-refractivity contribution in [3.63, 3.8) is 0 Å². The Kier molecular flexibility index (Phi) is 7.15. The summed E-state index contributed by atoms with van der Waals surface area (Å²) >= 11 is 5.70. The predicted octanol–water partition coefficient (Wildman–Crippen LogP) is 3.92. The van der Waals surface area contributed by atoms with Crippen LogP contribution in [0, 0.1) is 11.3 Å². The smallest absolute Gasteiger partial charge is 0.223 e. The Morgan fingerprint density at radius 2 is 1.76 bits per heavy atom. The highest BCUT2D eigenvalue weighted by atomic mass is 35.5. The minimum Gasteiger partial charge on any atom is -0.340 e. The fourth-order valence-corrected chi connectivity index (χ4v) is 1.71. The summed E-state index contributed by atoms with van der Waals surface area (Å²) in [7, 11) is 0. The Balaban J connectivity index is 4.42. The van der Waals surface area contributed by atoms with Crippen LogP contribution in [0.5, 0.6) is 0 Å². The molecule has 0 heterocycles. The lowest BCUT2D eigenvalue weighted by Crippen LogP contribution is -2.39. The third kappa shape index (κ3) is 6.30. The van der Waals surface area contributed by atoms with Crippen molar-refractivity contribution in [1.82, 2.24) is 4.90 Å². The average Bonchev–Trinajstić information content (AvgIpc) is 2.16.